The van der Waals surface area contributed by atoms with Gasteiger partial charge >= 0.3 is 0 Å². The van der Waals surface area contributed by atoms with Crippen LogP contribution in [0.15, 0.2) is 192 Å². The van der Waals surface area contributed by atoms with Crippen LogP contribution in [0.1, 0.15) is 208 Å². The molecule has 0 radical (unpaired) electrons. The fourth-order valence-electron chi connectivity index (χ4n) is 11.5. The minimum absolute atomic E-state index is 0.136. The monoisotopic (exact) mass is 1140 g/mol. The van der Waals surface area contributed by atoms with E-state index in [0.717, 1.165) is 69.6 Å². The molecule has 85 heavy (non-hydrogen) atoms. The number of rotatable bonds is 11. The Labute approximate surface area is 512 Å². The first-order chi connectivity index (χ1) is 40.7. The minimum Gasteiger partial charge on any atom is -0.352 e. The highest BCUT2D eigenvalue weighted by molar-refractivity contribution is 6.26. The van der Waals surface area contributed by atoms with Crippen molar-refractivity contribution in [2.24, 2.45) is 29.6 Å². The van der Waals surface area contributed by atoms with E-state index in [0.29, 0.717) is 33.6 Å². The maximum atomic E-state index is 12.5. The van der Waals surface area contributed by atoms with Crippen LogP contribution in [0.3, 0.4) is 0 Å². The van der Waals surface area contributed by atoms with Crippen molar-refractivity contribution in [3.63, 3.8) is 0 Å². The molecule has 10 rings (SSSR count). The number of anilines is 2. The summed E-state index contributed by atoms with van der Waals surface area (Å²) in [4.78, 5) is 49.3. The molecule has 0 saturated carbocycles. The van der Waals surface area contributed by atoms with Crippen LogP contribution < -0.4 is 10.6 Å². The number of Topliss-reactive ketones (excluding diaryl/α,β-unsaturated/α-hetero) is 2. The second-order valence-corrected chi connectivity index (χ2v) is 24.6. The van der Waals surface area contributed by atoms with Crippen molar-refractivity contribution >= 4 is 34.5 Å². The molecule has 0 fully saturated rings. The SMILES string of the molecule is C/C=C/C1=CCC(C)CC1.C/C=C/Cc1cccc(C)c1.CCCC1C=C(C)C(C)CC1.CCCC1C=C(C)CC(C)C1.Cc1cccc(NC2=CC(=O)c3cc(C)ccc3C2=O)c1.Cc1cccc(NC2=CC(=O)c3ccc(C)cc3C2=O)c1. The van der Waals surface area contributed by atoms with Gasteiger partial charge in [-0.2, -0.15) is 0 Å². The molecular weight excluding hydrogens is 1040 g/mol. The van der Waals surface area contributed by atoms with Gasteiger partial charge in [0.25, 0.3) is 0 Å². The quantitative estimate of drug-likeness (QED) is 0.128. The number of aryl methyl sites for hydroxylation is 5. The molecular formula is C79H100N2O4. The molecule has 0 aromatic heterocycles. The summed E-state index contributed by atoms with van der Waals surface area (Å²) >= 11 is 0. The molecule has 5 aromatic carbocycles. The van der Waals surface area contributed by atoms with Crippen LogP contribution >= 0.6 is 0 Å². The Kier molecular flexibility index (Phi) is 28.2. The molecule has 6 heteroatoms. The lowest BCUT2D eigenvalue weighted by molar-refractivity contribution is 0.0985. The normalized spacial score (nSPS) is 19.6. The lowest BCUT2D eigenvalue weighted by Crippen LogP contribution is -2.21. The van der Waals surface area contributed by atoms with Crippen molar-refractivity contribution in [1.29, 1.82) is 0 Å². The Bertz CT molecular complexity index is 3280. The number of ketones is 4. The molecule has 5 unspecified atom stereocenters. The van der Waals surface area contributed by atoms with E-state index in [9.17, 15) is 19.2 Å². The largest absolute Gasteiger partial charge is 0.352 e. The lowest BCUT2D eigenvalue weighted by Gasteiger charge is -2.24. The number of carbonyl (C=O) groups excluding carboxylic acids is 4. The summed E-state index contributed by atoms with van der Waals surface area (Å²) in [5.41, 5.74) is 15.7. The smallest absolute Gasteiger partial charge is 0.210 e. The standard InChI is InChI=1S/2C18H15NO2.2C11H20.C11H14.C10H16/c1-11-4-3-5-13(8-11)19-16-10-17(20)15-9-12(2)6-7-14(15)18(16)21;1-11-4-3-5-13(8-11)19-16-10-17(20)14-7-6-12(2)9-15(14)18(16)21;1-4-5-11-7-9(2)6-10(3)8-11;1-4-5-11-7-6-9(2)10(3)8-11;1-3-4-7-11-8-5-6-10(2)9-11;1-3-4-10-7-5-9(2)6-8-10/h2*3-10,19H,1-2H3;7,10-11H,4-6,8H2,1-3H3;8-9,11H,4-7H2,1-3H3;3-6,8-9H,7H2,1-2H3;3-4,7,9H,5-6,8H2,1-2H3/b;;;;2*4-3+. The molecule has 5 atom stereocenters. The molecule has 5 aliphatic rings. The topological polar surface area (TPSA) is 92.3 Å². The van der Waals surface area contributed by atoms with E-state index in [1.54, 1.807) is 35.4 Å². The maximum Gasteiger partial charge on any atom is 0.210 e. The average Bonchev–Trinajstić information content (AvgIpc) is 2.41. The second-order valence-electron chi connectivity index (χ2n) is 24.6. The minimum atomic E-state index is -0.147. The Hall–Kier alpha value is -7.44. The molecule has 0 bridgehead atoms. The van der Waals surface area contributed by atoms with Gasteiger partial charge in [0.2, 0.25) is 11.6 Å². The van der Waals surface area contributed by atoms with Crippen LogP contribution in [0.2, 0.25) is 0 Å². The van der Waals surface area contributed by atoms with E-state index >= 15 is 0 Å². The van der Waals surface area contributed by atoms with Crippen molar-refractivity contribution in [1.82, 2.24) is 0 Å². The van der Waals surface area contributed by atoms with Crippen molar-refractivity contribution < 1.29 is 19.2 Å². The fourth-order valence-corrected chi connectivity index (χ4v) is 11.5. The predicted molar refractivity (Wildman–Crippen MR) is 362 cm³/mol. The number of hydrogen-bond donors (Lipinski definition) is 2. The summed E-state index contributed by atoms with van der Waals surface area (Å²) in [6, 6.07) is 34.6. The van der Waals surface area contributed by atoms with E-state index in [4.69, 9.17) is 0 Å². The van der Waals surface area contributed by atoms with Crippen molar-refractivity contribution in [3.8, 4) is 0 Å². The molecule has 0 heterocycles. The van der Waals surface area contributed by atoms with Gasteiger partial charge in [-0.1, -0.05) is 190 Å². The summed E-state index contributed by atoms with van der Waals surface area (Å²) in [5.74, 6) is 3.91. The Morgan fingerprint density at radius 2 is 1.07 bits per heavy atom. The first-order valence-corrected chi connectivity index (χ1v) is 31.5. The molecule has 0 spiro atoms. The van der Waals surface area contributed by atoms with Gasteiger partial charge in [-0.25, -0.2) is 0 Å². The zero-order chi connectivity index (χ0) is 62.0. The van der Waals surface area contributed by atoms with E-state index in [-0.39, 0.29) is 23.1 Å². The zero-order valence-corrected chi connectivity index (χ0v) is 54.1. The number of allylic oxidation sites excluding steroid dienone is 14. The number of nitrogens with one attached hydrogen (secondary N) is 2. The molecule has 450 valence electrons. The molecule has 2 N–H and O–H groups in total. The van der Waals surface area contributed by atoms with Crippen LogP contribution in [-0.4, -0.2) is 23.1 Å². The van der Waals surface area contributed by atoms with Gasteiger partial charge in [-0.15, -0.1) is 0 Å². The van der Waals surface area contributed by atoms with Crippen LogP contribution in [0.4, 0.5) is 11.4 Å². The van der Waals surface area contributed by atoms with Gasteiger partial charge in [0, 0.05) is 45.8 Å². The van der Waals surface area contributed by atoms with Crippen molar-refractivity contribution in [3.05, 3.63) is 248 Å². The lowest BCUT2D eigenvalue weighted by atomic mass is 9.82. The number of benzene rings is 5. The highest BCUT2D eigenvalue weighted by Crippen LogP contribution is 2.32. The second kappa shape index (κ2) is 35.1. The van der Waals surface area contributed by atoms with Gasteiger partial charge in [-0.05, 0) is 215 Å². The summed E-state index contributed by atoms with van der Waals surface area (Å²) in [5, 5.41) is 6.10. The highest BCUT2D eigenvalue weighted by atomic mass is 16.1. The molecule has 0 amide bonds. The third kappa shape index (κ3) is 22.8. The molecule has 5 aliphatic carbocycles. The van der Waals surface area contributed by atoms with Crippen LogP contribution in [0.25, 0.3) is 0 Å². The van der Waals surface area contributed by atoms with Crippen molar-refractivity contribution in [2.75, 3.05) is 10.6 Å². The van der Waals surface area contributed by atoms with Crippen LogP contribution in [-0.2, 0) is 6.42 Å². The Balaban J connectivity index is 0.000000193. The van der Waals surface area contributed by atoms with Gasteiger partial charge in [0.15, 0.2) is 11.6 Å². The van der Waals surface area contributed by atoms with Gasteiger partial charge in [0.05, 0.1) is 11.4 Å². The van der Waals surface area contributed by atoms with Gasteiger partial charge in [0.1, 0.15) is 0 Å². The van der Waals surface area contributed by atoms with E-state index < -0.39 is 0 Å². The summed E-state index contributed by atoms with van der Waals surface area (Å²) in [6.45, 7) is 30.2. The Morgan fingerprint density at radius 1 is 0.529 bits per heavy atom. The molecule has 0 aliphatic heterocycles. The first kappa shape index (κ1) is 68.3. The molecule has 5 aromatic rings. The number of fused-ring (bicyclic) bond motifs is 2. The zero-order valence-electron chi connectivity index (χ0n) is 54.1. The van der Waals surface area contributed by atoms with E-state index in [2.05, 4.69) is 147 Å². The summed E-state index contributed by atoms with van der Waals surface area (Å²) in [7, 11) is 0. The van der Waals surface area contributed by atoms with Gasteiger partial charge in [-0.3, -0.25) is 19.2 Å². The van der Waals surface area contributed by atoms with E-state index in [1.165, 1.54) is 99.5 Å². The fraction of sp³-hybridized carbons (Fsp3) is 0.392. The third-order valence-corrected chi connectivity index (χ3v) is 16.2. The summed E-state index contributed by atoms with van der Waals surface area (Å²) < 4.78 is 0. The number of carbonyl (C=O) groups is 4. The van der Waals surface area contributed by atoms with E-state index in [1.807, 2.05) is 88.4 Å². The average molecular weight is 1140 g/mol. The third-order valence-electron chi connectivity index (χ3n) is 16.2. The number of hydrogen-bond acceptors (Lipinski definition) is 6. The molecule has 6 nitrogen and oxygen atoms in total. The molecule has 0 saturated heterocycles. The summed E-state index contributed by atoms with van der Waals surface area (Å²) in [6.07, 6.45) is 34.8. The van der Waals surface area contributed by atoms with Gasteiger partial charge < -0.3 is 10.6 Å². The highest BCUT2D eigenvalue weighted by Gasteiger charge is 2.27. The maximum absolute atomic E-state index is 12.5. The van der Waals surface area contributed by atoms with Crippen molar-refractivity contribution in [2.45, 2.75) is 174 Å². The Morgan fingerprint density at radius 3 is 1.60 bits per heavy atom. The van der Waals surface area contributed by atoms with Crippen LogP contribution in [0, 0.1) is 64.2 Å². The first-order valence-electron chi connectivity index (χ1n) is 31.5. The predicted octanol–water partition coefficient (Wildman–Crippen LogP) is 21.3. The van der Waals surface area contributed by atoms with Crippen LogP contribution in [0.5, 0.6) is 0 Å².